The van der Waals surface area contributed by atoms with Crippen LogP contribution in [0.1, 0.15) is 22.3 Å². The molecule has 0 aliphatic carbocycles. The molecule has 146 valence electrons. The van der Waals surface area contributed by atoms with Crippen molar-refractivity contribution in [3.63, 3.8) is 0 Å². The molecule has 1 N–H and O–H groups in total. The highest BCUT2D eigenvalue weighted by molar-refractivity contribution is 6.05. The van der Waals surface area contributed by atoms with E-state index < -0.39 is 6.10 Å². The molecule has 0 bridgehead atoms. The summed E-state index contributed by atoms with van der Waals surface area (Å²) < 4.78 is 7.30. The van der Waals surface area contributed by atoms with E-state index >= 15 is 0 Å². The largest absolute Gasteiger partial charge is 0.391 e. The van der Waals surface area contributed by atoms with Crippen LogP contribution in [0.25, 0.3) is 11.0 Å². The number of amides is 1. The summed E-state index contributed by atoms with van der Waals surface area (Å²) in [6, 6.07) is 14.0. The number of fused-ring (bicyclic) bond motifs is 1. The standard InChI is InChI=1S/C22H25N3O3/c26-18(9-8-17-5-2-1-3-6-17)15-25-16-19(21-20(25)7-4-10-23-21)22(27)24-11-13-28-14-12-24/h1-7,10,16,18,26H,8-9,11-15H2. The average Bonchev–Trinajstić information content (AvgIpc) is 3.11. The molecule has 1 saturated heterocycles. The lowest BCUT2D eigenvalue weighted by Gasteiger charge is -2.26. The van der Waals surface area contributed by atoms with E-state index in [-0.39, 0.29) is 5.91 Å². The van der Waals surface area contributed by atoms with Crippen molar-refractivity contribution in [3.8, 4) is 0 Å². The smallest absolute Gasteiger partial charge is 0.257 e. The first-order valence-corrected chi connectivity index (χ1v) is 9.75. The second-order valence-corrected chi connectivity index (χ2v) is 7.15. The van der Waals surface area contributed by atoms with Crippen LogP contribution >= 0.6 is 0 Å². The van der Waals surface area contributed by atoms with Crippen molar-refractivity contribution in [2.45, 2.75) is 25.5 Å². The summed E-state index contributed by atoms with van der Waals surface area (Å²) in [6.45, 7) is 2.76. The summed E-state index contributed by atoms with van der Waals surface area (Å²) in [6.07, 6.45) is 4.52. The Labute approximate surface area is 164 Å². The monoisotopic (exact) mass is 379 g/mol. The van der Waals surface area contributed by atoms with Crippen LogP contribution in [0.3, 0.4) is 0 Å². The lowest BCUT2D eigenvalue weighted by atomic mass is 10.1. The minimum Gasteiger partial charge on any atom is -0.391 e. The Balaban J connectivity index is 1.51. The predicted molar refractivity (Wildman–Crippen MR) is 107 cm³/mol. The summed E-state index contributed by atoms with van der Waals surface area (Å²) in [5.41, 5.74) is 3.36. The maximum Gasteiger partial charge on any atom is 0.257 e. The molecule has 3 aromatic rings. The summed E-state index contributed by atoms with van der Waals surface area (Å²) in [7, 11) is 0. The summed E-state index contributed by atoms with van der Waals surface area (Å²) in [5.74, 6) is -0.0236. The number of hydrogen-bond donors (Lipinski definition) is 1. The first-order valence-electron chi connectivity index (χ1n) is 9.75. The molecule has 1 fully saturated rings. The molecular weight excluding hydrogens is 354 g/mol. The van der Waals surface area contributed by atoms with Crippen molar-refractivity contribution < 1.29 is 14.6 Å². The molecule has 3 heterocycles. The molecule has 0 spiro atoms. The fourth-order valence-corrected chi connectivity index (χ4v) is 3.66. The topological polar surface area (TPSA) is 67.6 Å². The van der Waals surface area contributed by atoms with Crippen LogP contribution in [-0.4, -0.2) is 57.9 Å². The highest BCUT2D eigenvalue weighted by atomic mass is 16.5. The molecule has 28 heavy (non-hydrogen) atoms. The SMILES string of the molecule is O=C(c1cn(CC(O)CCc2ccccc2)c2cccnc12)N1CCOCC1. The van der Waals surface area contributed by atoms with Crippen LogP contribution in [0.4, 0.5) is 0 Å². The number of benzene rings is 1. The normalized spacial score (nSPS) is 15.7. The number of nitrogens with zero attached hydrogens (tertiary/aromatic N) is 3. The molecule has 1 aromatic carbocycles. The minimum absolute atomic E-state index is 0.0236. The Bertz CT molecular complexity index is 933. The quantitative estimate of drug-likeness (QED) is 0.715. The van der Waals surface area contributed by atoms with Gasteiger partial charge in [0.25, 0.3) is 5.91 Å². The van der Waals surface area contributed by atoms with Gasteiger partial charge >= 0.3 is 0 Å². The van der Waals surface area contributed by atoms with Crippen LogP contribution in [0.2, 0.25) is 0 Å². The van der Waals surface area contributed by atoms with Gasteiger partial charge in [0.2, 0.25) is 0 Å². The number of aliphatic hydroxyl groups excluding tert-OH is 1. The van der Waals surface area contributed by atoms with Gasteiger partial charge in [-0.25, -0.2) is 0 Å². The molecular formula is C22H25N3O3. The van der Waals surface area contributed by atoms with Crippen LogP contribution in [0.5, 0.6) is 0 Å². The third-order valence-electron chi connectivity index (χ3n) is 5.18. The van der Waals surface area contributed by atoms with Crippen molar-refractivity contribution in [2.24, 2.45) is 0 Å². The Morgan fingerprint density at radius 1 is 1.14 bits per heavy atom. The van der Waals surface area contributed by atoms with Gasteiger partial charge in [-0.1, -0.05) is 30.3 Å². The van der Waals surface area contributed by atoms with Gasteiger partial charge in [-0.15, -0.1) is 0 Å². The Hall–Kier alpha value is -2.70. The molecule has 0 radical (unpaired) electrons. The molecule has 4 rings (SSSR count). The van der Waals surface area contributed by atoms with Gasteiger partial charge in [0, 0.05) is 32.0 Å². The van der Waals surface area contributed by atoms with Gasteiger partial charge in [-0.05, 0) is 30.5 Å². The molecule has 0 saturated carbocycles. The van der Waals surface area contributed by atoms with Crippen LogP contribution in [0, 0.1) is 0 Å². The first kappa shape index (κ1) is 18.7. The van der Waals surface area contributed by atoms with E-state index in [0.29, 0.717) is 50.3 Å². The minimum atomic E-state index is -0.498. The number of carbonyl (C=O) groups excluding carboxylic acids is 1. The van der Waals surface area contributed by atoms with Crippen molar-refractivity contribution in [3.05, 3.63) is 66.0 Å². The fraction of sp³-hybridized carbons (Fsp3) is 0.364. The molecule has 2 aromatic heterocycles. The van der Waals surface area contributed by atoms with E-state index in [9.17, 15) is 9.90 Å². The number of carbonyl (C=O) groups is 1. The number of aliphatic hydroxyl groups is 1. The zero-order valence-corrected chi connectivity index (χ0v) is 15.8. The first-order chi connectivity index (χ1) is 13.7. The number of morpholine rings is 1. The third kappa shape index (κ3) is 4.08. The zero-order valence-electron chi connectivity index (χ0n) is 15.8. The second kappa shape index (κ2) is 8.54. The summed E-state index contributed by atoms with van der Waals surface area (Å²) in [5, 5.41) is 10.6. The maximum atomic E-state index is 13.0. The molecule has 6 heteroatoms. The molecule has 1 atom stereocenters. The fourth-order valence-electron chi connectivity index (χ4n) is 3.66. The van der Waals surface area contributed by atoms with E-state index in [1.807, 2.05) is 46.0 Å². The lowest BCUT2D eigenvalue weighted by Crippen LogP contribution is -2.40. The predicted octanol–water partition coefficient (Wildman–Crippen LogP) is 2.50. The number of aromatic nitrogens is 2. The Morgan fingerprint density at radius 3 is 2.71 bits per heavy atom. The van der Waals surface area contributed by atoms with Gasteiger partial charge in [0.1, 0.15) is 5.52 Å². The van der Waals surface area contributed by atoms with Crippen molar-refractivity contribution in [1.82, 2.24) is 14.5 Å². The van der Waals surface area contributed by atoms with Gasteiger partial charge in [-0.2, -0.15) is 0 Å². The molecule has 6 nitrogen and oxygen atoms in total. The van der Waals surface area contributed by atoms with Crippen molar-refractivity contribution in [2.75, 3.05) is 26.3 Å². The van der Waals surface area contributed by atoms with Crippen molar-refractivity contribution >= 4 is 16.9 Å². The molecule has 1 amide bonds. The number of aryl methyl sites for hydroxylation is 1. The van der Waals surface area contributed by atoms with Gasteiger partial charge in [-0.3, -0.25) is 9.78 Å². The van der Waals surface area contributed by atoms with Crippen LogP contribution in [0.15, 0.2) is 54.9 Å². The highest BCUT2D eigenvalue weighted by Crippen LogP contribution is 2.22. The number of ether oxygens (including phenoxy) is 1. The maximum absolute atomic E-state index is 13.0. The van der Waals surface area contributed by atoms with Gasteiger partial charge in [0.15, 0.2) is 0 Å². The number of rotatable bonds is 6. The molecule has 1 aliphatic rings. The molecule has 1 aliphatic heterocycles. The number of hydrogen-bond acceptors (Lipinski definition) is 4. The average molecular weight is 379 g/mol. The van der Waals surface area contributed by atoms with E-state index in [1.165, 1.54) is 5.56 Å². The van der Waals surface area contributed by atoms with Crippen molar-refractivity contribution in [1.29, 1.82) is 0 Å². The van der Waals surface area contributed by atoms with Crippen LogP contribution in [-0.2, 0) is 17.7 Å². The summed E-state index contributed by atoms with van der Waals surface area (Å²) in [4.78, 5) is 19.2. The summed E-state index contributed by atoms with van der Waals surface area (Å²) >= 11 is 0. The molecule has 1 unspecified atom stereocenters. The van der Waals surface area contributed by atoms with E-state index in [1.54, 1.807) is 6.20 Å². The Morgan fingerprint density at radius 2 is 1.93 bits per heavy atom. The van der Waals surface area contributed by atoms with Crippen LogP contribution < -0.4 is 0 Å². The van der Waals surface area contributed by atoms with Gasteiger partial charge < -0.3 is 19.3 Å². The lowest BCUT2D eigenvalue weighted by molar-refractivity contribution is 0.0303. The Kier molecular flexibility index (Phi) is 5.69. The van der Waals surface area contributed by atoms with E-state index in [2.05, 4.69) is 17.1 Å². The van der Waals surface area contributed by atoms with Gasteiger partial charge in [0.05, 0.1) is 30.4 Å². The van der Waals surface area contributed by atoms with E-state index in [4.69, 9.17) is 4.74 Å². The van der Waals surface area contributed by atoms with E-state index in [0.717, 1.165) is 11.9 Å². The zero-order chi connectivity index (χ0) is 19.3. The second-order valence-electron chi connectivity index (χ2n) is 7.15. The number of pyridine rings is 1. The third-order valence-corrected chi connectivity index (χ3v) is 5.18. The highest BCUT2D eigenvalue weighted by Gasteiger charge is 2.23.